The lowest BCUT2D eigenvalue weighted by Crippen LogP contribution is -2.51. The molecule has 31 heavy (non-hydrogen) atoms. The summed E-state index contributed by atoms with van der Waals surface area (Å²) in [5.41, 5.74) is -0.205. The van der Waals surface area contributed by atoms with Crippen LogP contribution in [0.1, 0.15) is 117 Å². The Balaban J connectivity index is 1.43. The van der Waals surface area contributed by atoms with E-state index in [1.165, 1.54) is 64.2 Å². The number of ether oxygens (including phenoxy) is 1. The van der Waals surface area contributed by atoms with Crippen molar-refractivity contribution in [3.8, 4) is 0 Å². The van der Waals surface area contributed by atoms with Crippen molar-refractivity contribution < 1.29 is 9.53 Å². The topological polar surface area (TPSA) is 26.3 Å². The van der Waals surface area contributed by atoms with Crippen LogP contribution in [0.15, 0.2) is 12.2 Å². The number of esters is 1. The second kappa shape index (κ2) is 10.4. The van der Waals surface area contributed by atoms with Crippen LogP contribution in [0.3, 0.4) is 0 Å². The second-order valence-corrected chi connectivity index (χ2v) is 11.8. The van der Waals surface area contributed by atoms with E-state index in [0.29, 0.717) is 11.8 Å². The number of hydrogen-bond acceptors (Lipinski definition) is 2. The van der Waals surface area contributed by atoms with Crippen LogP contribution in [0.2, 0.25) is 0 Å². The molecule has 0 saturated heterocycles. The highest BCUT2D eigenvalue weighted by molar-refractivity contribution is 5.73. The number of rotatable bonds is 12. The Bertz CT molecular complexity index is 594. The van der Waals surface area contributed by atoms with E-state index in [0.717, 1.165) is 55.8 Å². The van der Waals surface area contributed by atoms with Gasteiger partial charge in [0.1, 0.15) is 5.60 Å². The first kappa shape index (κ1) is 23.4. The van der Waals surface area contributed by atoms with E-state index in [2.05, 4.69) is 32.9 Å². The van der Waals surface area contributed by atoms with Gasteiger partial charge in [-0.05, 0) is 101 Å². The summed E-state index contributed by atoms with van der Waals surface area (Å²) in [6.45, 7) is 6.82. The maximum absolute atomic E-state index is 13.6. The van der Waals surface area contributed by atoms with Crippen LogP contribution in [0.5, 0.6) is 0 Å². The summed E-state index contributed by atoms with van der Waals surface area (Å²) in [7, 11) is 0. The van der Waals surface area contributed by atoms with Crippen molar-refractivity contribution in [2.75, 3.05) is 0 Å². The van der Waals surface area contributed by atoms with E-state index in [9.17, 15) is 4.79 Å². The maximum Gasteiger partial charge on any atom is 0.309 e. The fourth-order valence-corrected chi connectivity index (χ4v) is 8.23. The molecule has 4 rings (SSSR count). The molecular formula is C29H48O2. The molecule has 4 aliphatic carbocycles. The number of unbranched alkanes of at least 4 members (excludes halogenated alkanes) is 2. The molecule has 2 nitrogen and oxygen atoms in total. The summed E-state index contributed by atoms with van der Waals surface area (Å²) >= 11 is 0. The predicted octanol–water partition coefficient (Wildman–Crippen LogP) is 8.10. The number of allylic oxidation sites excluding steroid dienone is 2. The quantitative estimate of drug-likeness (QED) is 0.178. The van der Waals surface area contributed by atoms with Gasteiger partial charge < -0.3 is 4.74 Å². The molecule has 0 N–H and O–H groups in total. The van der Waals surface area contributed by atoms with Gasteiger partial charge in [-0.1, -0.05) is 51.7 Å². The zero-order valence-corrected chi connectivity index (χ0v) is 20.6. The average Bonchev–Trinajstić information content (AvgIpc) is 3.56. The van der Waals surface area contributed by atoms with E-state index < -0.39 is 0 Å². The minimum atomic E-state index is -0.205. The number of hydrogen-bond donors (Lipinski definition) is 0. The molecule has 4 saturated carbocycles. The highest BCUT2D eigenvalue weighted by atomic mass is 16.6. The standard InChI is InChI=1S/C29H48O2/c1-4-6-7-8-9-10-12-23(11-5-2)28(30)31-29(3,26-19-21-13-15-24(26)17-21)27-20-22-14-16-25(27)18-22/h7-8,21-27H,4-6,9-20H2,1-3H3. The van der Waals surface area contributed by atoms with E-state index in [-0.39, 0.29) is 17.5 Å². The van der Waals surface area contributed by atoms with Crippen molar-refractivity contribution in [1.82, 2.24) is 0 Å². The average molecular weight is 429 g/mol. The third kappa shape index (κ3) is 5.09. The Labute approximate surface area is 192 Å². The number of carbonyl (C=O) groups is 1. The van der Waals surface area contributed by atoms with Crippen LogP contribution in [0.25, 0.3) is 0 Å². The molecule has 0 spiro atoms. The van der Waals surface area contributed by atoms with Crippen molar-refractivity contribution in [3.05, 3.63) is 12.2 Å². The van der Waals surface area contributed by atoms with Gasteiger partial charge in [-0.25, -0.2) is 0 Å². The van der Waals surface area contributed by atoms with Crippen LogP contribution >= 0.6 is 0 Å². The zero-order chi connectivity index (χ0) is 21.8. The van der Waals surface area contributed by atoms with Gasteiger partial charge >= 0.3 is 5.97 Å². The molecule has 4 aliphatic rings. The van der Waals surface area contributed by atoms with Gasteiger partial charge in [0, 0.05) is 11.8 Å². The Morgan fingerprint density at radius 3 is 1.97 bits per heavy atom. The van der Waals surface area contributed by atoms with E-state index in [4.69, 9.17) is 4.74 Å². The molecule has 0 aromatic carbocycles. The molecule has 7 atom stereocenters. The maximum atomic E-state index is 13.6. The van der Waals surface area contributed by atoms with Gasteiger partial charge in [-0.15, -0.1) is 0 Å². The van der Waals surface area contributed by atoms with Gasteiger partial charge in [0.15, 0.2) is 0 Å². The van der Waals surface area contributed by atoms with Gasteiger partial charge in [0.05, 0.1) is 5.92 Å². The van der Waals surface area contributed by atoms with E-state index >= 15 is 0 Å². The van der Waals surface area contributed by atoms with Crippen molar-refractivity contribution in [2.24, 2.45) is 41.4 Å². The highest BCUT2D eigenvalue weighted by Crippen LogP contribution is 2.61. The summed E-state index contributed by atoms with van der Waals surface area (Å²) in [5, 5.41) is 0. The first-order chi connectivity index (χ1) is 15.0. The molecule has 0 aromatic heterocycles. The van der Waals surface area contributed by atoms with Gasteiger partial charge in [-0.2, -0.15) is 0 Å². The Hall–Kier alpha value is -0.790. The lowest BCUT2D eigenvalue weighted by atomic mass is 9.66. The first-order valence-electron chi connectivity index (χ1n) is 13.9. The predicted molar refractivity (Wildman–Crippen MR) is 129 cm³/mol. The van der Waals surface area contributed by atoms with Gasteiger partial charge in [-0.3, -0.25) is 4.79 Å². The molecule has 4 bridgehead atoms. The Kier molecular flexibility index (Phi) is 7.86. The number of fused-ring (bicyclic) bond motifs is 4. The monoisotopic (exact) mass is 428 g/mol. The van der Waals surface area contributed by atoms with Crippen LogP contribution in [-0.4, -0.2) is 11.6 Å². The fraction of sp³-hybridized carbons (Fsp3) is 0.897. The van der Waals surface area contributed by atoms with Crippen molar-refractivity contribution in [3.63, 3.8) is 0 Å². The van der Waals surface area contributed by atoms with Crippen molar-refractivity contribution >= 4 is 5.97 Å². The second-order valence-electron chi connectivity index (χ2n) is 11.8. The summed E-state index contributed by atoms with van der Waals surface area (Å²) in [5.74, 6) is 4.94. The normalized spacial score (nSPS) is 36.9. The SMILES string of the molecule is CCCC=CCCCC(CCC)C(=O)OC(C)(C1CC2CCC1C2)C1CC2CCC1C2. The van der Waals surface area contributed by atoms with Crippen LogP contribution in [-0.2, 0) is 9.53 Å². The lowest BCUT2D eigenvalue weighted by molar-refractivity contribution is -0.185. The number of carbonyl (C=O) groups excluding carboxylic acids is 1. The molecule has 0 amide bonds. The minimum absolute atomic E-state index is 0.0982. The molecule has 176 valence electrons. The Morgan fingerprint density at radius 2 is 1.48 bits per heavy atom. The molecule has 0 aliphatic heterocycles. The third-order valence-corrected chi connectivity index (χ3v) is 9.79. The molecule has 7 unspecified atom stereocenters. The molecule has 0 heterocycles. The highest BCUT2D eigenvalue weighted by Gasteiger charge is 2.58. The summed E-state index contributed by atoms with van der Waals surface area (Å²) < 4.78 is 6.76. The van der Waals surface area contributed by atoms with Crippen LogP contribution in [0, 0.1) is 41.4 Å². The van der Waals surface area contributed by atoms with E-state index in [1.807, 2.05) is 0 Å². The van der Waals surface area contributed by atoms with E-state index in [1.54, 1.807) is 0 Å². The lowest BCUT2D eigenvalue weighted by Gasteiger charge is -2.47. The first-order valence-corrected chi connectivity index (χ1v) is 13.9. The van der Waals surface area contributed by atoms with Crippen LogP contribution in [0.4, 0.5) is 0 Å². The zero-order valence-electron chi connectivity index (χ0n) is 20.6. The molecular weight excluding hydrogens is 380 g/mol. The molecule has 4 fully saturated rings. The van der Waals surface area contributed by atoms with Gasteiger partial charge in [0.25, 0.3) is 0 Å². The minimum Gasteiger partial charge on any atom is -0.459 e. The molecule has 0 aromatic rings. The smallest absolute Gasteiger partial charge is 0.309 e. The third-order valence-electron chi connectivity index (χ3n) is 9.79. The van der Waals surface area contributed by atoms with Crippen molar-refractivity contribution in [2.45, 2.75) is 123 Å². The van der Waals surface area contributed by atoms with Crippen LogP contribution < -0.4 is 0 Å². The summed E-state index contributed by atoms with van der Waals surface area (Å²) in [4.78, 5) is 13.6. The molecule has 0 radical (unpaired) electrons. The van der Waals surface area contributed by atoms with Crippen molar-refractivity contribution in [1.29, 1.82) is 0 Å². The molecule has 2 heteroatoms. The summed E-state index contributed by atoms with van der Waals surface area (Å²) in [6, 6.07) is 0. The fourth-order valence-electron chi connectivity index (χ4n) is 8.23. The largest absolute Gasteiger partial charge is 0.459 e. The summed E-state index contributed by atoms with van der Waals surface area (Å²) in [6.07, 6.45) is 23.3. The Morgan fingerprint density at radius 1 is 0.871 bits per heavy atom. The van der Waals surface area contributed by atoms with Gasteiger partial charge in [0.2, 0.25) is 0 Å².